The summed E-state index contributed by atoms with van der Waals surface area (Å²) in [6.45, 7) is 10.6. The van der Waals surface area contributed by atoms with Gasteiger partial charge in [0.1, 0.15) is 6.10 Å². The van der Waals surface area contributed by atoms with Crippen LogP contribution in [0.5, 0.6) is 0 Å². The van der Waals surface area contributed by atoms with Gasteiger partial charge in [-0.15, -0.1) is 0 Å². The molecule has 1 fully saturated rings. The fraction of sp³-hybridized carbons (Fsp3) is 0.871. The van der Waals surface area contributed by atoms with E-state index in [2.05, 4.69) is 39.5 Å². The molecule has 0 amide bonds. The highest BCUT2D eigenvalue weighted by atomic mass is 16.5. The average molecular weight is 570 g/mol. The van der Waals surface area contributed by atoms with Gasteiger partial charge in [0.05, 0.1) is 31.3 Å². The van der Waals surface area contributed by atoms with Gasteiger partial charge in [-0.25, -0.2) is 0 Å². The third kappa shape index (κ3) is 13.0. The van der Waals surface area contributed by atoms with Gasteiger partial charge in [-0.1, -0.05) is 71.1 Å². The number of nitrogens with zero attached hydrogens (tertiary/aromatic N) is 1. The van der Waals surface area contributed by atoms with E-state index in [0.29, 0.717) is 19.3 Å². The van der Waals surface area contributed by atoms with E-state index in [-0.39, 0.29) is 17.7 Å². The molecular formula is C31H55NO8. The highest BCUT2D eigenvalue weighted by molar-refractivity contribution is 5.87. The lowest BCUT2D eigenvalue weighted by Crippen LogP contribution is -2.60. The van der Waals surface area contributed by atoms with Gasteiger partial charge < -0.3 is 19.7 Å². The second-order valence-electron chi connectivity index (χ2n) is 12.8. The molecule has 9 heteroatoms. The summed E-state index contributed by atoms with van der Waals surface area (Å²) in [5.74, 6) is -7.39. The molecule has 9 nitrogen and oxygen atoms in total. The molecule has 1 aliphatic rings. The topological polar surface area (TPSA) is 130 Å². The third-order valence-corrected chi connectivity index (χ3v) is 8.45. The number of piperidine rings is 1. The summed E-state index contributed by atoms with van der Waals surface area (Å²) < 4.78 is 11.1. The highest BCUT2D eigenvalue weighted by Crippen LogP contribution is 2.38. The van der Waals surface area contributed by atoms with Crippen molar-refractivity contribution in [3.05, 3.63) is 0 Å². The minimum Gasteiger partial charge on any atom is -0.481 e. The van der Waals surface area contributed by atoms with Gasteiger partial charge in [-0.05, 0) is 41.2 Å². The number of carboxylic acid groups (broad SMARTS) is 2. The van der Waals surface area contributed by atoms with Crippen LogP contribution in [0.15, 0.2) is 0 Å². The van der Waals surface area contributed by atoms with Crippen molar-refractivity contribution in [3.8, 4) is 0 Å². The zero-order chi connectivity index (χ0) is 30.3. The smallest absolute Gasteiger partial charge is 0.310 e. The minimum absolute atomic E-state index is 0.109. The molecule has 0 spiro atoms. The maximum Gasteiger partial charge on any atom is 0.310 e. The van der Waals surface area contributed by atoms with Gasteiger partial charge in [-0.3, -0.25) is 24.1 Å². The number of hydrogen-bond donors (Lipinski definition) is 2. The Bertz CT molecular complexity index is 791. The summed E-state index contributed by atoms with van der Waals surface area (Å²) in [6, 6.07) is 0. The van der Waals surface area contributed by atoms with Gasteiger partial charge in [-0.2, -0.15) is 0 Å². The fourth-order valence-corrected chi connectivity index (χ4v) is 5.80. The first-order chi connectivity index (χ1) is 18.7. The number of unbranched alkanes of at least 4 members (excludes halogenated alkanes) is 10. The number of hydrogen-bond acceptors (Lipinski definition) is 7. The molecular weight excluding hydrogens is 514 g/mol. The number of aliphatic carboxylic acids is 2. The molecule has 2 unspecified atom stereocenters. The van der Waals surface area contributed by atoms with E-state index >= 15 is 0 Å². The Hall–Kier alpha value is -2.16. The van der Waals surface area contributed by atoms with Crippen LogP contribution in [0, 0.1) is 11.8 Å². The van der Waals surface area contributed by atoms with Gasteiger partial charge in [0, 0.05) is 23.9 Å². The maximum atomic E-state index is 12.9. The van der Waals surface area contributed by atoms with Crippen LogP contribution in [-0.2, 0) is 28.7 Å². The standard InChI is InChI=1S/C31H55NO8/c1-7-8-9-10-11-12-13-14-15-16-17-18-39-29(38)25(24(28(36)37)19-26(33)34)20-27(35)40-23-21-30(2,3)32(6)31(4,5)22-23/h23-25H,7-22H2,1-6H3,(H,33,34)(H,36,37). The third-order valence-electron chi connectivity index (χ3n) is 8.45. The summed E-state index contributed by atoms with van der Waals surface area (Å²) in [7, 11) is 2.03. The Kier molecular flexibility index (Phi) is 15.8. The van der Waals surface area contributed by atoms with Crippen LogP contribution in [0.4, 0.5) is 0 Å². The lowest BCUT2D eigenvalue weighted by atomic mass is 9.78. The van der Waals surface area contributed by atoms with Crippen molar-refractivity contribution in [1.82, 2.24) is 4.90 Å². The van der Waals surface area contributed by atoms with Crippen molar-refractivity contribution in [2.75, 3.05) is 13.7 Å². The summed E-state index contributed by atoms with van der Waals surface area (Å²) in [5, 5.41) is 18.9. The largest absolute Gasteiger partial charge is 0.481 e. The Labute approximate surface area is 241 Å². The number of likely N-dealkylation sites (tertiary alicyclic amines) is 1. The van der Waals surface area contributed by atoms with Gasteiger partial charge in [0.15, 0.2) is 0 Å². The SMILES string of the molecule is CCCCCCCCCCCCCOC(=O)C(CC(=O)OC1CC(C)(C)N(C)C(C)(C)C1)C(CC(=O)O)C(=O)O. The predicted octanol–water partition coefficient (Wildman–Crippen LogP) is 6.22. The fourth-order valence-electron chi connectivity index (χ4n) is 5.80. The predicted molar refractivity (Wildman–Crippen MR) is 154 cm³/mol. The van der Waals surface area contributed by atoms with Crippen molar-refractivity contribution in [2.24, 2.45) is 11.8 Å². The first-order valence-electron chi connectivity index (χ1n) is 15.3. The minimum atomic E-state index is -1.58. The van der Waals surface area contributed by atoms with Crippen LogP contribution in [0.25, 0.3) is 0 Å². The van der Waals surface area contributed by atoms with Gasteiger partial charge in [0.25, 0.3) is 0 Å². The Morgan fingerprint density at radius 1 is 0.775 bits per heavy atom. The van der Waals surface area contributed by atoms with E-state index in [0.717, 1.165) is 19.3 Å². The zero-order valence-electron chi connectivity index (χ0n) is 25.8. The normalized spacial score (nSPS) is 18.6. The maximum absolute atomic E-state index is 12.9. The molecule has 1 heterocycles. The Morgan fingerprint density at radius 2 is 1.25 bits per heavy atom. The molecule has 0 saturated carbocycles. The molecule has 2 N–H and O–H groups in total. The lowest BCUT2D eigenvalue weighted by Gasteiger charge is -2.53. The van der Waals surface area contributed by atoms with Crippen molar-refractivity contribution in [2.45, 2.75) is 148 Å². The van der Waals surface area contributed by atoms with Crippen LogP contribution in [0.3, 0.4) is 0 Å². The number of esters is 2. The first-order valence-corrected chi connectivity index (χ1v) is 15.3. The number of ether oxygens (including phenoxy) is 2. The summed E-state index contributed by atoms with van der Waals surface area (Å²) in [4.78, 5) is 51.4. The zero-order valence-corrected chi connectivity index (χ0v) is 25.8. The second kappa shape index (κ2) is 17.6. The van der Waals surface area contributed by atoms with Crippen LogP contribution in [0.2, 0.25) is 0 Å². The van der Waals surface area contributed by atoms with E-state index in [1.165, 1.54) is 44.9 Å². The summed E-state index contributed by atoms with van der Waals surface area (Å²) >= 11 is 0. The van der Waals surface area contributed by atoms with E-state index in [4.69, 9.17) is 9.47 Å². The number of carbonyl (C=O) groups is 4. The van der Waals surface area contributed by atoms with Gasteiger partial charge >= 0.3 is 23.9 Å². The summed E-state index contributed by atoms with van der Waals surface area (Å²) in [5.41, 5.74) is -0.459. The van der Waals surface area contributed by atoms with Crippen molar-refractivity contribution >= 4 is 23.9 Å². The molecule has 0 aromatic rings. The molecule has 40 heavy (non-hydrogen) atoms. The van der Waals surface area contributed by atoms with Crippen molar-refractivity contribution < 1.29 is 38.9 Å². The summed E-state index contributed by atoms with van der Waals surface area (Å²) in [6.07, 6.45) is 12.0. The molecule has 0 aliphatic carbocycles. The van der Waals surface area contributed by atoms with Crippen LogP contribution in [0.1, 0.15) is 131 Å². The molecule has 0 radical (unpaired) electrons. The quantitative estimate of drug-likeness (QED) is 0.130. The molecule has 1 saturated heterocycles. The molecule has 1 aliphatic heterocycles. The molecule has 2 atom stereocenters. The highest BCUT2D eigenvalue weighted by Gasteiger charge is 2.45. The lowest BCUT2D eigenvalue weighted by molar-refractivity contribution is -0.169. The first kappa shape index (κ1) is 35.9. The van der Waals surface area contributed by atoms with Crippen LogP contribution >= 0.6 is 0 Å². The van der Waals surface area contributed by atoms with Crippen LogP contribution in [-0.4, -0.2) is 69.8 Å². The second-order valence-corrected chi connectivity index (χ2v) is 12.8. The Balaban J connectivity index is 2.63. The number of rotatable bonds is 20. The van der Waals surface area contributed by atoms with E-state index in [1.807, 2.05) is 7.05 Å². The molecule has 232 valence electrons. The number of carboxylic acids is 2. The van der Waals surface area contributed by atoms with Crippen molar-refractivity contribution in [1.29, 1.82) is 0 Å². The molecule has 0 aromatic carbocycles. The van der Waals surface area contributed by atoms with E-state index in [1.54, 1.807) is 0 Å². The molecule has 0 aromatic heterocycles. The molecule has 1 rings (SSSR count). The monoisotopic (exact) mass is 569 g/mol. The number of carbonyl (C=O) groups excluding carboxylic acids is 2. The molecule has 0 bridgehead atoms. The van der Waals surface area contributed by atoms with Crippen LogP contribution < -0.4 is 0 Å². The van der Waals surface area contributed by atoms with E-state index in [9.17, 15) is 29.4 Å². The van der Waals surface area contributed by atoms with E-state index < -0.39 is 54.7 Å². The average Bonchev–Trinajstić information content (AvgIpc) is 2.84. The van der Waals surface area contributed by atoms with Gasteiger partial charge in [0.2, 0.25) is 0 Å². The Morgan fingerprint density at radius 3 is 1.70 bits per heavy atom. The van der Waals surface area contributed by atoms with Crippen molar-refractivity contribution in [3.63, 3.8) is 0 Å².